The van der Waals surface area contributed by atoms with Crippen molar-refractivity contribution in [2.24, 2.45) is 5.10 Å². The van der Waals surface area contributed by atoms with Gasteiger partial charge in [0.2, 0.25) is 0 Å². The molecular weight excluding hydrogens is 342 g/mol. The van der Waals surface area contributed by atoms with Crippen molar-refractivity contribution in [1.82, 2.24) is 5.32 Å². The number of nitrogens with zero attached hydrogens (tertiary/aromatic N) is 2. The number of rotatable bonds is 6. The molecule has 0 aliphatic carbocycles. The van der Waals surface area contributed by atoms with Gasteiger partial charge in [-0.2, -0.15) is 18.5 Å². The van der Waals surface area contributed by atoms with E-state index in [9.17, 15) is 22.8 Å². The minimum Gasteiger partial charge on any atom is -0.481 e. The number of carbonyl (C=O) groups is 3. The highest BCUT2D eigenvalue weighted by molar-refractivity contribution is 7.85. The third-order valence-electron chi connectivity index (χ3n) is 3.04. The van der Waals surface area contributed by atoms with Gasteiger partial charge in [0.25, 0.3) is 21.9 Å². The normalized spacial score (nSPS) is 14.5. The molecule has 0 fully saturated rings. The van der Waals surface area contributed by atoms with Crippen molar-refractivity contribution in [3.05, 3.63) is 24.3 Å². The molecule has 2 rings (SSSR count). The molecule has 0 saturated carbocycles. The number of hydrogen-bond acceptors (Lipinski definition) is 6. The Morgan fingerprint density at radius 1 is 1.25 bits per heavy atom. The number of carbonyl (C=O) groups excluding carboxylic acids is 2. The van der Waals surface area contributed by atoms with Gasteiger partial charge in [-0.25, -0.2) is 0 Å². The van der Waals surface area contributed by atoms with Crippen molar-refractivity contribution in [2.75, 3.05) is 11.6 Å². The number of aliphatic carboxylic acids is 1. The van der Waals surface area contributed by atoms with E-state index in [2.05, 4.69) is 10.4 Å². The molecule has 1 aromatic carbocycles. The molecule has 0 saturated heterocycles. The van der Waals surface area contributed by atoms with E-state index < -0.39 is 27.9 Å². The molecule has 0 bridgehead atoms. The van der Waals surface area contributed by atoms with Crippen molar-refractivity contribution in [2.45, 2.75) is 17.7 Å². The molecule has 10 nitrogen and oxygen atoms in total. The second-order valence-corrected chi connectivity index (χ2v) is 6.22. The van der Waals surface area contributed by atoms with E-state index in [1.54, 1.807) is 0 Å². The summed E-state index contributed by atoms with van der Waals surface area (Å²) in [6.45, 7) is -0.0928. The molecule has 11 heteroatoms. The van der Waals surface area contributed by atoms with Crippen LogP contribution in [0.1, 0.15) is 12.8 Å². The van der Waals surface area contributed by atoms with E-state index in [0.29, 0.717) is 0 Å². The van der Waals surface area contributed by atoms with E-state index in [-0.39, 0.29) is 35.7 Å². The molecule has 24 heavy (non-hydrogen) atoms. The molecule has 0 unspecified atom stereocenters. The van der Waals surface area contributed by atoms with Gasteiger partial charge in [-0.05, 0) is 24.3 Å². The van der Waals surface area contributed by atoms with Gasteiger partial charge >= 0.3 is 5.97 Å². The highest BCUT2D eigenvalue weighted by Gasteiger charge is 2.29. The monoisotopic (exact) mass is 355 g/mol. The Hall–Kier alpha value is -2.79. The number of hydrazone groups is 1. The highest BCUT2D eigenvalue weighted by atomic mass is 32.2. The first-order valence-electron chi connectivity index (χ1n) is 6.66. The first-order chi connectivity index (χ1) is 11.2. The summed E-state index contributed by atoms with van der Waals surface area (Å²) >= 11 is 0. The number of benzene rings is 1. The topological polar surface area (TPSA) is 153 Å². The summed E-state index contributed by atoms with van der Waals surface area (Å²) < 4.78 is 30.8. The second-order valence-electron chi connectivity index (χ2n) is 4.80. The van der Waals surface area contributed by atoms with Crippen LogP contribution >= 0.6 is 0 Å². The highest BCUT2D eigenvalue weighted by Crippen LogP contribution is 2.22. The molecule has 1 aliphatic rings. The quantitative estimate of drug-likeness (QED) is 0.588. The molecule has 3 N–H and O–H groups in total. The zero-order chi connectivity index (χ0) is 17.9. The van der Waals surface area contributed by atoms with Crippen LogP contribution in [-0.2, 0) is 24.5 Å². The van der Waals surface area contributed by atoms with E-state index >= 15 is 0 Å². The molecule has 1 aromatic rings. The van der Waals surface area contributed by atoms with Crippen molar-refractivity contribution in [1.29, 1.82) is 0 Å². The van der Waals surface area contributed by atoms with Gasteiger partial charge in [0.15, 0.2) is 0 Å². The largest absolute Gasteiger partial charge is 0.481 e. The zero-order valence-electron chi connectivity index (χ0n) is 12.2. The van der Waals surface area contributed by atoms with Gasteiger partial charge in [-0.15, -0.1) is 0 Å². The number of carboxylic acid groups (broad SMARTS) is 1. The van der Waals surface area contributed by atoms with Crippen molar-refractivity contribution in [3.8, 4) is 0 Å². The lowest BCUT2D eigenvalue weighted by Gasteiger charge is -2.11. The lowest BCUT2D eigenvalue weighted by atomic mass is 10.2. The number of carboxylic acids is 1. The SMILES string of the molecule is O=C(O)CCNC(=O)C1=NN(c2ccc(S(=O)(=O)O)cc2)C(=O)C1. The fourth-order valence-corrected chi connectivity index (χ4v) is 2.38. The average molecular weight is 355 g/mol. The summed E-state index contributed by atoms with van der Waals surface area (Å²) in [7, 11) is -4.35. The molecule has 1 heterocycles. The summed E-state index contributed by atoms with van der Waals surface area (Å²) in [6.07, 6.45) is -0.521. The molecule has 0 spiro atoms. The molecule has 0 aromatic heterocycles. The van der Waals surface area contributed by atoms with Gasteiger partial charge in [0, 0.05) is 6.54 Å². The molecule has 0 atom stereocenters. The fourth-order valence-electron chi connectivity index (χ4n) is 1.90. The second kappa shape index (κ2) is 6.76. The third-order valence-corrected chi connectivity index (χ3v) is 3.91. The fraction of sp³-hybridized carbons (Fsp3) is 0.231. The van der Waals surface area contributed by atoms with E-state index in [1.807, 2.05) is 0 Å². The first kappa shape index (κ1) is 17.6. The molecular formula is C13H13N3O7S. The van der Waals surface area contributed by atoms with Gasteiger partial charge in [0.1, 0.15) is 5.71 Å². The number of anilines is 1. The number of nitrogens with one attached hydrogen (secondary N) is 1. The average Bonchev–Trinajstić information content (AvgIpc) is 2.88. The van der Waals surface area contributed by atoms with Crippen LogP contribution in [0.25, 0.3) is 0 Å². The summed E-state index contributed by atoms with van der Waals surface area (Å²) in [4.78, 5) is 33.8. The Morgan fingerprint density at radius 2 is 1.88 bits per heavy atom. The summed E-state index contributed by atoms with van der Waals surface area (Å²) in [6, 6.07) is 4.71. The minimum absolute atomic E-state index is 0.0794. The summed E-state index contributed by atoms with van der Waals surface area (Å²) in [5.41, 5.74) is 0.144. The summed E-state index contributed by atoms with van der Waals surface area (Å²) in [5.74, 6) is -2.22. The van der Waals surface area contributed by atoms with Crippen LogP contribution < -0.4 is 10.3 Å². The van der Waals surface area contributed by atoms with Crippen molar-refractivity contribution in [3.63, 3.8) is 0 Å². The first-order valence-corrected chi connectivity index (χ1v) is 8.10. The van der Waals surface area contributed by atoms with Gasteiger partial charge in [-0.3, -0.25) is 18.9 Å². The van der Waals surface area contributed by atoms with Crippen LogP contribution in [0.5, 0.6) is 0 Å². The minimum atomic E-state index is -4.35. The van der Waals surface area contributed by atoms with E-state index in [4.69, 9.17) is 9.66 Å². The van der Waals surface area contributed by atoms with Crippen LogP contribution in [0.15, 0.2) is 34.3 Å². The van der Waals surface area contributed by atoms with Crippen LogP contribution in [0, 0.1) is 0 Å². The maximum Gasteiger partial charge on any atom is 0.305 e. The van der Waals surface area contributed by atoms with Crippen LogP contribution in [-0.4, -0.2) is 48.1 Å². The number of amides is 2. The maximum atomic E-state index is 11.9. The van der Waals surface area contributed by atoms with Crippen LogP contribution in [0.3, 0.4) is 0 Å². The Kier molecular flexibility index (Phi) is 4.95. The lowest BCUT2D eigenvalue weighted by Crippen LogP contribution is -2.32. The molecule has 0 radical (unpaired) electrons. The Balaban J connectivity index is 2.11. The summed E-state index contributed by atoms with van der Waals surface area (Å²) in [5, 5.41) is 15.6. The number of hydrogen-bond donors (Lipinski definition) is 3. The van der Waals surface area contributed by atoms with Gasteiger partial charge < -0.3 is 10.4 Å². The Morgan fingerprint density at radius 3 is 2.42 bits per heavy atom. The molecule has 128 valence electrons. The zero-order valence-corrected chi connectivity index (χ0v) is 13.0. The predicted octanol–water partition coefficient (Wildman–Crippen LogP) is -0.383. The van der Waals surface area contributed by atoms with Crippen LogP contribution in [0.2, 0.25) is 0 Å². The predicted molar refractivity (Wildman–Crippen MR) is 81.1 cm³/mol. The van der Waals surface area contributed by atoms with Gasteiger partial charge in [0.05, 0.1) is 23.4 Å². The van der Waals surface area contributed by atoms with E-state index in [0.717, 1.165) is 17.1 Å². The maximum absolute atomic E-state index is 11.9. The third kappa shape index (κ3) is 4.14. The van der Waals surface area contributed by atoms with Crippen molar-refractivity contribution < 1.29 is 32.5 Å². The molecule has 1 aliphatic heterocycles. The van der Waals surface area contributed by atoms with Crippen molar-refractivity contribution >= 4 is 39.3 Å². The molecule has 2 amide bonds. The van der Waals surface area contributed by atoms with Gasteiger partial charge in [-0.1, -0.05) is 0 Å². The standard InChI is InChI=1S/C13H13N3O7S/c17-11-7-10(13(20)14-6-5-12(18)19)15-16(11)8-1-3-9(4-2-8)24(21,22)23/h1-4H,5-7H2,(H,14,20)(H,18,19)(H,21,22,23). The smallest absolute Gasteiger partial charge is 0.305 e. The Bertz CT molecular complexity index is 814. The Labute approximate surface area is 136 Å². The lowest BCUT2D eigenvalue weighted by molar-refractivity contribution is -0.136. The van der Waals surface area contributed by atoms with Crippen LogP contribution in [0.4, 0.5) is 5.69 Å². The van der Waals surface area contributed by atoms with E-state index in [1.165, 1.54) is 12.1 Å².